The first-order chi connectivity index (χ1) is 10.6. The van der Waals surface area contributed by atoms with Crippen LogP contribution >= 0.6 is 0 Å². The van der Waals surface area contributed by atoms with Gasteiger partial charge in [0.1, 0.15) is 0 Å². The molecule has 3 rings (SSSR count). The highest BCUT2D eigenvalue weighted by molar-refractivity contribution is 5.76. The minimum atomic E-state index is 0.334. The molecule has 120 valence electrons. The van der Waals surface area contributed by atoms with Gasteiger partial charge in [-0.2, -0.15) is 0 Å². The van der Waals surface area contributed by atoms with Crippen molar-refractivity contribution in [3.8, 4) is 0 Å². The molecule has 0 unspecified atom stereocenters. The number of nitrogens with zero attached hydrogens (tertiary/aromatic N) is 1. The summed E-state index contributed by atoms with van der Waals surface area (Å²) in [6, 6.07) is 6.54. The van der Waals surface area contributed by atoms with E-state index in [-0.39, 0.29) is 0 Å². The summed E-state index contributed by atoms with van der Waals surface area (Å²) in [7, 11) is 0. The number of nitrogens with one attached hydrogen (secondary N) is 1. The standard InChI is InChI=1S/C19H28N2O/c1-15-4-5-17(12-16(15)2)6-7-18(22)21-11-9-19(14-21)8-3-10-20-13-19/h4-5,12,20H,3,6-11,13-14H2,1-2H3/t19-/m0/s1. The highest BCUT2D eigenvalue weighted by atomic mass is 16.2. The third kappa shape index (κ3) is 3.35. The van der Waals surface area contributed by atoms with Crippen molar-refractivity contribution in [1.82, 2.24) is 10.2 Å². The van der Waals surface area contributed by atoms with E-state index in [2.05, 4.69) is 42.3 Å². The molecule has 0 aliphatic carbocycles. The monoisotopic (exact) mass is 300 g/mol. The molecule has 22 heavy (non-hydrogen) atoms. The van der Waals surface area contributed by atoms with Gasteiger partial charge < -0.3 is 10.2 Å². The summed E-state index contributed by atoms with van der Waals surface area (Å²) in [6.07, 6.45) is 5.22. The first-order valence-corrected chi connectivity index (χ1v) is 8.63. The van der Waals surface area contributed by atoms with Gasteiger partial charge in [0, 0.05) is 31.5 Å². The molecule has 2 aliphatic heterocycles. The van der Waals surface area contributed by atoms with E-state index in [4.69, 9.17) is 0 Å². The number of rotatable bonds is 3. The topological polar surface area (TPSA) is 32.3 Å². The van der Waals surface area contributed by atoms with Crippen LogP contribution in [0.4, 0.5) is 0 Å². The van der Waals surface area contributed by atoms with Gasteiger partial charge in [0.05, 0.1) is 0 Å². The van der Waals surface area contributed by atoms with Crippen LogP contribution in [0.25, 0.3) is 0 Å². The molecular formula is C19H28N2O. The summed E-state index contributed by atoms with van der Waals surface area (Å²) in [5.74, 6) is 0.334. The van der Waals surface area contributed by atoms with Crippen molar-refractivity contribution in [3.63, 3.8) is 0 Å². The first-order valence-electron chi connectivity index (χ1n) is 8.63. The second kappa shape index (κ2) is 6.41. The second-order valence-electron chi connectivity index (χ2n) is 7.26. The fourth-order valence-electron chi connectivity index (χ4n) is 3.90. The molecule has 2 heterocycles. The lowest BCUT2D eigenvalue weighted by Crippen LogP contribution is -2.42. The Morgan fingerprint density at radius 1 is 1.27 bits per heavy atom. The summed E-state index contributed by atoms with van der Waals surface area (Å²) in [5, 5.41) is 3.51. The zero-order valence-electron chi connectivity index (χ0n) is 14.0. The summed E-state index contributed by atoms with van der Waals surface area (Å²) in [6.45, 7) is 8.42. The highest BCUT2D eigenvalue weighted by Gasteiger charge is 2.40. The third-order valence-electron chi connectivity index (χ3n) is 5.55. The van der Waals surface area contributed by atoms with Crippen LogP contribution in [-0.4, -0.2) is 37.0 Å². The van der Waals surface area contributed by atoms with E-state index in [0.29, 0.717) is 17.7 Å². The van der Waals surface area contributed by atoms with E-state index in [0.717, 1.165) is 32.6 Å². The van der Waals surface area contributed by atoms with Crippen molar-refractivity contribution in [2.75, 3.05) is 26.2 Å². The molecule has 2 aliphatic rings. The van der Waals surface area contributed by atoms with Crippen LogP contribution in [0.5, 0.6) is 0 Å². The Balaban J connectivity index is 1.53. The van der Waals surface area contributed by atoms with Crippen molar-refractivity contribution < 1.29 is 4.79 Å². The maximum Gasteiger partial charge on any atom is 0.222 e. The van der Waals surface area contributed by atoms with Crippen molar-refractivity contribution in [1.29, 1.82) is 0 Å². The molecule has 1 aromatic carbocycles. The predicted octanol–water partition coefficient (Wildman–Crippen LogP) is 2.84. The number of amides is 1. The molecule has 0 saturated carbocycles. The smallest absolute Gasteiger partial charge is 0.222 e. The van der Waals surface area contributed by atoms with Gasteiger partial charge in [-0.25, -0.2) is 0 Å². The van der Waals surface area contributed by atoms with E-state index in [1.165, 1.54) is 36.0 Å². The number of hydrogen-bond acceptors (Lipinski definition) is 2. The van der Waals surface area contributed by atoms with Gasteiger partial charge in [-0.1, -0.05) is 18.2 Å². The van der Waals surface area contributed by atoms with E-state index < -0.39 is 0 Å². The third-order valence-corrected chi connectivity index (χ3v) is 5.55. The predicted molar refractivity (Wildman–Crippen MR) is 90.0 cm³/mol. The molecule has 0 bridgehead atoms. The fourth-order valence-corrected chi connectivity index (χ4v) is 3.90. The molecular weight excluding hydrogens is 272 g/mol. The maximum absolute atomic E-state index is 12.5. The lowest BCUT2D eigenvalue weighted by atomic mass is 9.80. The van der Waals surface area contributed by atoms with E-state index in [1.807, 2.05) is 0 Å². The van der Waals surface area contributed by atoms with E-state index >= 15 is 0 Å². The highest BCUT2D eigenvalue weighted by Crippen LogP contribution is 2.36. The molecule has 1 aromatic rings. The summed E-state index contributed by atoms with van der Waals surface area (Å²) in [5.41, 5.74) is 4.29. The molecule has 3 nitrogen and oxygen atoms in total. The van der Waals surface area contributed by atoms with Gasteiger partial charge in [-0.05, 0) is 62.8 Å². The Labute approximate surface area is 134 Å². The van der Waals surface area contributed by atoms with Gasteiger partial charge >= 0.3 is 0 Å². The molecule has 1 atom stereocenters. The Bertz CT molecular complexity index is 546. The number of benzene rings is 1. The number of piperidine rings is 1. The fraction of sp³-hybridized carbons (Fsp3) is 0.632. The SMILES string of the molecule is Cc1ccc(CCC(=O)N2CC[C@]3(CCCNC3)C2)cc1C. The van der Waals surface area contributed by atoms with Crippen LogP contribution in [0.3, 0.4) is 0 Å². The number of carbonyl (C=O) groups excluding carboxylic acids is 1. The van der Waals surface area contributed by atoms with Gasteiger partial charge in [0.2, 0.25) is 5.91 Å². The number of hydrogen-bond donors (Lipinski definition) is 1. The Kier molecular flexibility index (Phi) is 4.53. The zero-order chi connectivity index (χ0) is 15.6. The molecule has 1 spiro atoms. The largest absolute Gasteiger partial charge is 0.342 e. The molecule has 0 aromatic heterocycles. The van der Waals surface area contributed by atoms with Crippen LogP contribution < -0.4 is 5.32 Å². The lowest BCUT2D eigenvalue weighted by molar-refractivity contribution is -0.130. The molecule has 1 amide bonds. The number of carbonyl (C=O) groups is 1. The lowest BCUT2D eigenvalue weighted by Gasteiger charge is -2.33. The Hall–Kier alpha value is -1.35. The minimum Gasteiger partial charge on any atom is -0.342 e. The van der Waals surface area contributed by atoms with E-state index in [1.54, 1.807) is 0 Å². The van der Waals surface area contributed by atoms with Crippen LogP contribution in [0.15, 0.2) is 18.2 Å². The Morgan fingerprint density at radius 3 is 2.86 bits per heavy atom. The normalized spacial score (nSPS) is 24.9. The zero-order valence-corrected chi connectivity index (χ0v) is 14.0. The quantitative estimate of drug-likeness (QED) is 0.931. The maximum atomic E-state index is 12.5. The molecule has 0 radical (unpaired) electrons. The average molecular weight is 300 g/mol. The summed E-state index contributed by atoms with van der Waals surface area (Å²) < 4.78 is 0. The first kappa shape index (κ1) is 15.5. The van der Waals surface area contributed by atoms with Crippen molar-refractivity contribution >= 4 is 5.91 Å². The number of aryl methyl sites for hydroxylation is 3. The summed E-state index contributed by atoms with van der Waals surface area (Å²) >= 11 is 0. The van der Waals surface area contributed by atoms with Gasteiger partial charge in [0.25, 0.3) is 0 Å². The van der Waals surface area contributed by atoms with Gasteiger partial charge in [0.15, 0.2) is 0 Å². The number of likely N-dealkylation sites (tertiary alicyclic amines) is 1. The van der Waals surface area contributed by atoms with Crippen LogP contribution in [-0.2, 0) is 11.2 Å². The summed E-state index contributed by atoms with van der Waals surface area (Å²) in [4.78, 5) is 14.6. The van der Waals surface area contributed by atoms with Crippen LogP contribution in [0.2, 0.25) is 0 Å². The van der Waals surface area contributed by atoms with Gasteiger partial charge in [-0.3, -0.25) is 4.79 Å². The van der Waals surface area contributed by atoms with Gasteiger partial charge in [-0.15, -0.1) is 0 Å². The average Bonchev–Trinajstić information content (AvgIpc) is 2.92. The second-order valence-corrected chi connectivity index (χ2v) is 7.26. The Morgan fingerprint density at radius 2 is 2.14 bits per heavy atom. The molecule has 2 saturated heterocycles. The molecule has 1 N–H and O–H groups in total. The molecule has 2 fully saturated rings. The van der Waals surface area contributed by atoms with E-state index in [9.17, 15) is 4.79 Å². The van der Waals surface area contributed by atoms with Crippen molar-refractivity contribution in [2.24, 2.45) is 5.41 Å². The minimum absolute atomic E-state index is 0.334. The van der Waals surface area contributed by atoms with Crippen LogP contribution in [0, 0.1) is 19.3 Å². The van der Waals surface area contributed by atoms with Crippen LogP contribution in [0.1, 0.15) is 42.4 Å². The van der Waals surface area contributed by atoms with Crippen molar-refractivity contribution in [3.05, 3.63) is 34.9 Å². The van der Waals surface area contributed by atoms with Crippen molar-refractivity contribution in [2.45, 2.75) is 46.0 Å². The molecule has 3 heteroatoms.